The highest BCUT2D eigenvalue weighted by Crippen LogP contribution is 2.18. The van der Waals surface area contributed by atoms with E-state index in [1.54, 1.807) is 18.2 Å². The number of benzene rings is 2. The van der Waals surface area contributed by atoms with Gasteiger partial charge >= 0.3 is 0 Å². The first-order valence-electron chi connectivity index (χ1n) is 9.24. The van der Waals surface area contributed by atoms with Crippen LogP contribution in [0.25, 0.3) is 0 Å². The summed E-state index contributed by atoms with van der Waals surface area (Å²) in [6, 6.07) is 23.3. The smallest absolute Gasteiger partial charge is 0.263 e. The minimum atomic E-state index is -0.282. The van der Waals surface area contributed by atoms with E-state index in [-0.39, 0.29) is 18.6 Å². The first-order valence-corrected chi connectivity index (χ1v) is 9.24. The van der Waals surface area contributed by atoms with E-state index < -0.39 is 0 Å². The topological polar surface area (TPSA) is 67.4 Å². The Kier molecular flexibility index (Phi) is 6.57. The average Bonchev–Trinajstić information content (AvgIpc) is 2.72. The van der Waals surface area contributed by atoms with E-state index >= 15 is 0 Å². The van der Waals surface area contributed by atoms with Crippen LogP contribution in [0.4, 0.5) is 11.6 Å². The molecule has 0 saturated carbocycles. The Labute approximate surface area is 165 Å². The van der Waals surface area contributed by atoms with E-state index in [1.165, 1.54) is 5.56 Å². The van der Waals surface area contributed by atoms with Gasteiger partial charge in [0.05, 0.1) is 0 Å². The lowest BCUT2D eigenvalue weighted by Gasteiger charge is -2.27. The second-order valence-corrected chi connectivity index (χ2v) is 6.63. The van der Waals surface area contributed by atoms with Crippen LogP contribution in [-0.2, 0) is 11.3 Å². The van der Waals surface area contributed by atoms with Crippen LogP contribution in [0.1, 0.15) is 19.4 Å². The second-order valence-electron chi connectivity index (χ2n) is 6.63. The molecule has 0 aliphatic rings. The van der Waals surface area contributed by atoms with E-state index in [2.05, 4.69) is 46.4 Å². The first kappa shape index (κ1) is 19.4. The quantitative estimate of drug-likeness (QED) is 0.646. The van der Waals surface area contributed by atoms with Crippen LogP contribution < -0.4 is 15.0 Å². The molecule has 0 aliphatic carbocycles. The molecule has 1 N–H and O–H groups in total. The minimum Gasteiger partial charge on any atom is -0.484 e. The van der Waals surface area contributed by atoms with E-state index in [0.717, 1.165) is 12.4 Å². The number of amides is 1. The van der Waals surface area contributed by atoms with Gasteiger partial charge in [-0.05, 0) is 43.7 Å². The highest BCUT2D eigenvalue weighted by atomic mass is 16.5. The minimum absolute atomic E-state index is 0.0838. The fourth-order valence-electron chi connectivity index (χ4n) is 2.70. The largest absolute Gasteiger partial charge is 0.484 e. The third-order valence-corrected chi connectivity index (χ3v) is 4.14. The van der Waals surface area contributed by atoms with Gasteiger partial charge in [-0.25, -0.2) is 0 Å². The summed E-state index contributed by atoms with van der Waals surface area (Å²) < 4.78 is 5.43. The van der Waals surface area contributed by atoms with Crippen molar-refractivity contribution in [2.75, 3.05) is 16.8 Å². The molecular formula is C22H24N4O2. The fourth-order valence-corrected chi connectivity index (χ4v) is 2.70. The summed E-state index contributed by atoms with van der Waals surface area (Å²) >= 11 is 0. The van der Waals surface area contributed by atoms with Crippen LogP contribution in [0.2, 0.25) is 0 Å². The molecule has 0 bridgehead atoms. The molecule has 0 fully saturated rings. The predicted octanol–water partition coefficient (Wildman–Crippen LogP) is 3.91. The first-order chi connectivity index (χ1) is 13.6. The van der Waals surface area contributed by atoms with E-state index in [0.29, 0.717) is 11.6 Å². The van der Waals surface area contributed by atoms with Crippen molar-refractivity contribution in [3.63, 3.8) is 0 Å². The van der Waals surface area contributed by atoms with Crippen molar-refractivity contribution in [1.29, 1.82) is 0 Å². The molecule has 1 amide bonds. The monoisotopic (exact) mass is 376 g/mol. The van der Waals surface area contributed by atoms with Crippen LogP contribution in [0.5, 0.6) is 5.75 Å². The SMILES string of the molecule is CC(C)N(Cc1ccccc1)c1ccc(NC(=O)COc2ccccc2)nn1. The molecule has 0 spiro atoms. The molecule has 28 heavy (non-hydrogen) atoms. The van der Waals surface area contributed by atoms with Crippen molar-refractivity contribution in [3.8, 4) is 5.75 Å². The standard InChI is InChI=1S/C22H24N4O2/c1-17(2)26(15-18-9-5-3-6-10-18)21-14-13-20(24-25-21)23-22(27)16-28-19-11-7-4-8-12-19/h3-14,17H,15-16H2,1-2H3,(H,23,24,27). The Bertz CT molecular complexity index is 868. The molecule has 0 atom stereocenters. The molecule has 2 aromatic carbocycles. The van der Waals surface area contributed by atoms with Gasteiger partial charge < -0.3 is 15.0 Å². The zero-order valence-electron chi connectivity index (χ0n) is 16.1. The molecule has 0 radical (unpaired) electrons. The van der Waals surface area contributed by atoms with Crippen molar-refractivity contribution in [1.82, 2.24) is 10.2 Å². The summed E-state index contributed by atoms with van der Waals surface area (Å²) in [6.07, 6.45) is 0. The highest BCUT2D eigenvalue weighted by Gasteiger charge is 2.14. The van der Waals surface area contributed by atoms with Crippen LogP contribution in [0.15, 0.2) is 72.8 Å². The maximum Gasteiger partial charge on any atom is 0.263 e. The Hall–Kier alpha value is -3.41. The molecule has 1 heterocycles. The number of nitrogens with one attached hydrogen (secondary N) is 1. The van der Waals surface area contributed by atoms with Gasteiger partial charge in [0.1, 0.15) is 5.75 Å². The van der Waals surface area contributed by atoms with Gasteiger partial charge in [0, 0.05) is 12.6 Å². The van der Waals surface area contributed by atoms with Gasteiger partial charge in [0.15, 0.2) is 18.2 Å². The lowest BCUT2D eigenvalue weighted by Crippen LogP contribution is -2.31. The summed E-state index contributed by atoms with van der Waals surface area (Å²) in [7, 11) is 0. The molecule has 3 aromatic rings. The lowest BCUT2D eigenvalue weighted by molar-refractivity contribution is -0.118. The van der Waals surface area contributed by atoms with Gasteiger partial charge in [0.25, 0.3) is 5.91 Å². The number of ether oxygens (including phenoxy) is 1. The molecule has 0 aliphatic heterocycles. The van der Waals surface area contributed by atoms with Crippen LogP contribution in [0.3, 0.4) is 0 Å². The Morgan fingerprint density at radius 1 is 0.964 bits per heavy atom. The molecular weight excluding hydrogens is 352 g/mol. The molecule has 1 aromatic heterocycles. The molecule has 0 saturated heterocycles. The second kappa shape index (κ2) is 9.50. The van der Waals surface area contributed by atoms with E-state index in [1.807, 2.05) is 42.5 Å². The van der Waals surface area contributed by atoms with Crippen molar-refractivity contribution >= 4 is 17.5 Å². The van der Waals surface area contributed by atoms with Crippen molar-refractivity contribution < 1.29 is 9.53 Å². The number of nitrogens with zero attached hydrogens (tertiary/aromatic N) is 3. The van der Waals surface area contributed by atoms with Crippen LogP contribution >= 0.6 is 0 Å². The van der Waals surface area contributed by atoms with Gasteiger partial charge in [-0.3, -0.25) is 4.79 Å². The van der Waals surface area contributed by atoms with Crippen LogP contribution in [-0.4, -0.2) is 28.8 Å². The number of carbonyl (C=O) groups excluding carboxylic acids is 1. The Morgan fingerprint density at radius 2 is 1.64 bits per heavy atom. The number of hydrogen-bond acceptors (Lipinski definition) is 5. The zero-order valence-corrected chi connectivity index (χ0v) is 16.1. The molecule has 6 nitrogen and oxygen atoms in total. The summed E-state index contributed by atoms with van der Waals surface area (Å²) in [4.78, 5) is 14.2. The van der Waals surface area contributed by atoms with Gasteiger partial charge in [-0.1, -0.05) is 48.5 Å². The summed E-state index contributed by atoms with van der Waals surface area (Å²) in [6.45, 7) is 4.88. The number of anilines is 2. The van der Waals surface area contributed by atoms with Crippen molar-refractivity contribution in [2.24, 2.45) is 0 Å². The maximum atomic E-state index is 12.0. The average molecular weight is 376 g/mol. The number of rotatable bonds is 8. The molecule has 3 rings (SSSR count). The van der Waals surface area contributed by atoms with Crippen molar-refractivity contribution in [2.45, 2.75) is 26.4 Å². The van der Waals surface area contributed by atoms with Gasteiger partial charge in [-0.2, -0.15) is 0 Å². The number of para-hydroxylation sites is 1. The summed E-state index contributed by atoms with van der Waals surface area (Å²) in [5.41, 5.74) is 1.20. The van der Waals surface area contributed by atoms with Crippen LogP contribution in [0, 0.1) is 0 Å². The normalized spacial score (nSPS) is 10.5. The predicted molar refractivity (Wildman–Crippen MR) is 110 cm³/mol. The lowest BCUT2D eigenvalue weighted by atomic mass is 10.2. The Balaban J connectivity index is 1.59. The third kappa shape index (κ3) is 5.54. The maximum absolute atomic E-state index is 12.0. The third-order valence-electron chi connectivity index (χ3n) is 4.14. The number of carbonyl (C=O) groups is 1. The number of hydrogen-bond donors (Lipinski definition) is 1. The fraction of sp³-hybridized carbons (Fsp3) is 0.227. The van der Waals surface area contributed by atoms with E-state index in [9.17, 15) is 4.79 Å². The molecule has 6 heteroatoms. The molecule has 0 unspecified atom stereocenters. The number of aromatic nitrogens is 2. The highest BCUT2D eigenvalue weighted by molar-refractivity contribution is 5.90. The van der Waals surface area contributed by atoms with E-state index in [4.69, 9.17) is 4.74 Å². The van der Waals surface area contributed by atoms with Gasteiger partial charge in [-0.15, -0.1) is 10.2 Å². The summed E-state index contributed by atoms with van der Waals surface area (Å²) in [5, 5.41) is 11.1. The molecule has 144 valence electrons. The zero-order chi connectivity index (χ0) is 19.8. The summed E-state index contributed by atoms with van der Waals surface area (Å²) in [5.74, 6) is 1.52. The Morgan fingerprint density at radius 3 is 2.25 bits per heavy atom. The van der Waals surface area contributed by atoms with Gasteiger partial charge in [0.2, 0.25) is 0 Å². The van der Waals surface area contributed by atoms with Crippen molar-refractivity contribution in [3.05, 3.63) is 78.4 Å².